The maximum absolute atomic E-state index is 12.1. The van der Waals surface area contributed by atoms with Crippen LogP contribution in [0.3, 0.4) is 0 Å². The number of aromatic amines is 1. The molecule has 3 aromatic carbocycles. The van der Waals surface area contributed by atoms with E-state index in [4.69, 9.17) is 16.3 Å². The zero-order valence-corrected chi connectivity index (χ0v) is 30.8. The molecule has 0 bridgehead atoms. The molecule has 3 N–H and O–H groups in total. The van der Waals surface area contributed by atoms with E-state index in [1.54, 1.807) is 25.3 Å². The third-order valence-electron chi connectivity index (χ3n) is 8.65. The van der Waals surface area contributed by atoms with Crippen LogP contribution in [0.2, 0.25) is 5.02 Å². The Morgan fingerprint density at radius 3 is 2.26 bits per heavy atom. The van der Waals surface area contributed by atoms with Gasteiger partial charge in [0.2, 0.25) is 0 Å². The lowest BCUT2D eigenvalue weighted by Gasteiger charge is -2.16. The summed E-state index contributed by atoms with van der Waals surface area (Å²) < 4.78 is 5.76. The number of amides is 1. The van der Waals surface area contributed by atoms with Crippen molar-refractivity contribution in [1.82, 2.24) is 15.3 Å². The molecule has 0 fully saturated rings. The summed E-state index contributed by atoms with van der Waals surface area (Å²) >= 11 is 6.32. The quantitative estimate of drug-likeness (QED) is 0.108. The van der Waals surface area contributed by atoms with E-state index in [-0.39, 0.29) is 30.8 Å². The van der Waals surface area contributed by atoms with E-state index in [0.717, 1.165) is 28.9 Å². The van der Waals surface area contributed by atoms with Crippen LogP contribution in [-0.2, 0) is 17.6 Å². The van der Waals surface area contributed by atoms with Crippen LogP contribution in [0.15, 0.2) is 91.3 Å². The van der Waals surface area contributed by atoms with Crippen molar-refractivity contribution in [2.75, 3.05) is 13.2 Å². The van der Waals surface area contributed by atoms with Gasteiger partial charge in [0, 0.05) is 52.9 Å². The molecule has 0 aliphatic rings. The molecule has 0 saturated carbocycles. The van der Waals surface area contributed by atoms with Crippen molar-refractivity contribution in [2.45, 2.75) is 78.7 Å². The first-order valence-electron chi connectivity index (χ1n) is 17.4. The number of nitrogens with one attached hydrogen (secondary N) is 2. The Labute approximate surface area is 301 Å². The Balaban J connectivity index is 0.000000363. The fraction of sp³-hybridized carbons (Fsp3) is 0.357. The topological polar surface area (TPSA) is 104 Å². The minimum atomic E-state index is -0.832. The Morgan fingerprint density at radius 1 is 0.940 bits per heavy atom. The van der Waals surface area contributed by atoms with Gasteiger partial charge < -0.3 is 20.1 Å². The lowest BCUT2D eigenvalue weighted by atomic mass is 9.91. The Hall–Kier alpha value is -4.46. The van der Waals surface area contributed by atoms with Gasteiger partial charge >= 0.3 is 0 Å². The molecule has 0 radical (unpaired) electrons. The first kappa shape index (κ1) is 38.3. The van der Waals surface area contributed by atoms with E-state index >= 15 is 0 Å². The number of ketones is 1. The molecule has 0 aliphatic carbocycles. The van der Waals surface area contributed by atoms with Crippen molar-refractivity contribution in [3.63, 3.8) is 0 Å². The highest BCUT2D eigenvalue weighted by atomic mass is 35.5. The molecule has 2 unspecified atom stereocenters. The zero-order chi connectivity index (χ0) is 36.2. The van der Waals surface area contributed by atoms with Crippen molar-refractivity contribution >= 4 is 34.2 Å². The Kier molecular flexibility index (Phi) is 14.2. The van der Waals surface area contributed by atoms with Gasteiger partial charge in [-0.2, -0.15) is 0 Å². The first-order valence-corrected chi connectivity index (χ1v) is 17.8. The Bertz CT molecular complexity index is 1820. The number of aromatic nitrogens is 2. The van der Waals surface area contributed by atoms with E-state index < -0.39 is 6.10 Å². The number of carbonyl (C=O) groups excluding carboxylic acids is 2. The molecule has 1 amide bonds. The van der Waals surface area contributed by atoms with Crippen LogP contribution in [0.4, 0.5) is 0 Å². The van der Waals surface area contributed by atoms with Crippen LogP contribution in [0.1, 0.15) is 98.1 Å². The first-order chi connectivity index (χ1) is 23.9. The molecule has 5 aromatic rings. The largest absolute Gasteiger partial charge is 0.491 e. The van der Waals surface area contributed by atoms with Crippen molar-refractivity contribution in [2.24, 2.45) is 5.92 Å². The van der Waals surface area contributed by atoms with Gasteiger partial charge in [-0.25, -0.2) is 0 Å². The summed E-state index contributed by atoms with van der Waals surface area (Å²) in [6, 6.07) is 25.6. The highest BCUT2D eigenvalue weighted by molar-refractivity contribution is 6.31. The Morgan fingerprint density at radius 2 is 1.64 bits per heavy atom. The number of aliphatic hydroxyl groups excluding tert-OH is 1. The van der Waals surface area contributed by atoms with Crippen LogP contribution in [0, 0.1) is 5.92 Å². The number of aryl methyl sites for hydroxylation is 1. The van der Waals surface area contributed by atoms with Crippen LogP contribution < -0.4 is 10.1 Å². The maximum atomic E-state index is 12.1. The number of aliphatic hydroxyl groups is 1. The van der Waals surface area contributed by atoms with Gasteiger partial charge in [0.15, 0.2) is 0 Å². The lowest BCUT2D eigenvalue weighted by Crippen LogP contribution is -2.35. The van der Waals surface area contributed by atoms with Crippen LogP contribution in [0.25, 0.3) is 10.9 Å². The number of H-pyrrole nitrogens is 1. The number of hydrogen-bond donors (Lipinski definition) is 3. The summed E-state index contributed by atoms with van der Waals surface area (Å²) in [5.74, 6) is 1.94. The van der Waals surface area contributed by atoms with Crippen LogP contribution in [0.5, 0.6) is 5.75 Å². The van der Waals surface area contributed by atoms with Gasteiger partial charge in [-0.15, -0.1) is 0 Å². The number of nitrogens with zero attached hydrogens (tertiary/aromatic N) is 1. The number of rotatable bonds is 14. The van der Waals surface area contributed by atoms with E-state index in [9.17, 15) is 14.7 Å². The van der Waals surface area contributed by atoms with Gasteiger partial charge in [0.1, 0.15) is 24.2 Å². The number of pyridine rings is 1. The number of Topliss-reactive ketones (excluding diaryl/α,β-unsaturated/α-hetero) is 1. The van der Waals surface area contributed by atoms with E-state index in [0.29, 0.717) is 29.6 Å². The molecule has 0 saturated heterocycles. The second kappa shape index (κ2) is 18.5. The van der Waals surface area contributed by atoms with Crippen molar-refractivity contribution < 1.29 is 19.4 Å². The SMILES string of the molecule is CC(=O)Cc1ccc(C(C)C)cc1.CC(C)CCc1c(C(C)c2ccc(OCC(O)CNC(=O)c3cccnc3)cc2)[nH]c2ccc(Cl)cc12. The smallest absolute Gasteiger partial charge is 0.252 e. The lowest BCUT2D eigenvalue weighted by molar-refractivity contribution is -0.116. The summed E-state index contributed by atoms with van der Waals surface area (Å²) in [7, 11) is 0. The second-order valence-electron chi connectivity index (χ2n) is 13.6. The minimum absolute atomic E-state index is 0.0738. The van der Waals surface area contributed by atoms with E-state index in [1.807, 2.05) is 36.4 Å². The zero-order valence-electron chi connectivity index (χ0n) is 30.0. The minimum Gasteiger partial charge on any atom is -0.491 e. The van der Waals surface area contributed by atoms with E-state index in [1.165, 1.54) is 34.0 Å². The van der Waals surface area contributed by atoms with Gasteiger partial charge in [-0.05, 0) is 96.3 Å². The van der Waals surface area contributed by atoms with Crippen molar-refractivity contribution in [1.29, 1.82) is 0 Å². The summed E-state index contributed by atoms with van der Waals surface area (Å²) in [4.78, 5) is 30.5. The molecule has 2 atom stereocenters. The summed E-state index contributed by atoms with van der Waals surface area (Å²) in [5.41, 5.74) is 7.70. The van der Waals surface area contributed by atoms with E-state index in [2.05, 4.69) is 80.2 Å². The molecule has 2 aromatic heterocycles. The van der Waals surface area contributed by atoms with Gasteiger partial charge in [0.25, 0.3) is 5.91 Å². The molecule has 5 rings (SSSR count). The highest BCUT2D eigenvalue weighted by Gasteiger charge is 2.19. The summed E-state index contributed by atoms with van der Waals surface area (Å²) in [6.07, 6.45) is 4.91. The standard InChI is InChI=1S/C30H34ClN3O3.C12H16O/c1-19(2)6-12-26-27-15-23(31)9-13-28(27)34-29(26)20(3)21-7-10-25(11-8-21)37-18-24(35)17-33-30(36)22-5-4-14-32-16-22;1-9(2)12-6-4-11(5-7-12)8-10(3)13/h4-5,7-11,13-16,19-20,24,34-35H,6,12,17-18H2,1-3H3,(H,33,36);4-7,9H,8H2,1-3H3. The van der Waals surface area contributed by atoms with Crippen LogP contribution in [-0.4, -0.2) is 46.0 Å². The average molecular weight is 696 g/mol. The van der Waals surface area contributed by atoms with Crippen molar-refractivity contribution in [3.8, 4) is 5.75 Å². The monoisotopic (exact) mass is 695 g/mol. The normalized spacial score (nSPS) is 12.4. The third kappa shape index (κ3) is 11.3. The van der Waals surface area contributed by atoms with Crippen molar-refractivity contribution in [3.05, 3.63) is 130 Å². The predicted octanol–water partition coefficient (Wildman–Crippen LogP) is 9.07. The van der Waals surface area contributed by atoms with Crippen LogP contribution >= 0.6 is 11.6 Å². The maximum Gasteiger partial charge on any atom is 0.252 e. The molecular weight excluding hydrogens is 646 g/mol. The molecule has 7 nitrogen and oxygen atoms in total. The van der Waals surface area contributed by atoms with Gasteiger partial charge in [0.05, 0.1) is 5.56 Å². The molecule has 0 aliphatic heterocycles. The number of hydrogen-bond acceptors (Lipinski definition) is 5. The fourth-order valence-corrected chi connectivity index (χ4v) is 5.87. The molecule has 0 spiro atoms. The third-order valence-corrected chi connectivity index (χ3v) is 8.88. The highest BCUT2D eigenvalue weighted by Crippen LogP contribution is 2.35. The molecule has 264 valence electrons. The molecular formula is C42H50ClN3O4. The summed E-state index contributed by atoms with van der Waals surface area (Å²) in [6.45, 7) is 12.8. The number of benzene rings is 3. The number of carbonyl (C=O) groups is 2. The number of ether oxygens (including phenoxy) is 1. The number of fused-ring (bicyclic) bond motifs is 1. The second-order valence-corrected chi connectivity index (χ2v) is 14.1. The predicted molar refractivity (Wildman–Crippen MR) is 203 cm³/mol. The van der Waals surface area contributed by atoms with Gasteiger partial charge in [-0.1, -0.05) is 82.6 Å². The average Bonchev–Trinajstić information content (AvgIpc) is 3.46. The fourth-order valence-electron chi connectivity index (χ4n) is 5.70. The molecule has 2 heterocycles. The molecule has 50 heavy (non-hydrogen) atoms. The molecule has 8 heteroatoms. The number of halogens is 1. The van der Waals surface area contributed by atoms with Gasteiger partial charge in [-0.3, -0.25) is 14.6 Å². The summed E-state index contributed by atoms with van der Waals surface area (Å²) in [5, 5.41) is 14.9.